The molecule has 2 N–H and O–H groups in total. The number of anilines is 2. The monoisotopic (exact) mass is 409 g/mol. The second kappa shape index (κ2) is 8.53. The average Bonchev–Trinajstić information content (AvgIpc) is 3.20. The smallest absolute Gasteiger partial charge is 0.261 e. The number of fused-ring (bicyclic) bond motifs is 1. The summed E-state index contributed by atoms with van der Waals surface area (Å²) in [4.78, 5) is 4.27. The summed E-state index contributed by atoms with van der Waals surface area (Å²) in [6.07, 6.45) is 6.50. The van der Waals surface area contributed by atoms with E-state index in [2.05, 4.69) is 15.0 Å². The normalized spacial score (nSPS) is 13.0. The molecule has 4 rings (SSSR count). The first kappa shape index (κ1) is 19.3. The van der Waals surface area contributed by atoms with Gasteiger partial charge in [0.1, 0.15) is 12.4 Å². The van der Waals surface area contributed by atoms with E-state index in [0.717, 1.165) is 30.5 Å². The van der Waals surface area contributed by atoms with E-state index in [1.54, 1.807) is 48.8 Å². The zero-order chi connectivity index (χ0) is 20.1. The van der Waals surface area contributed by atoms with Crippen LogP contribution in [0.5, 0.6) is 5.75 Å². The third-order valence-electron chi connectivity index (χ3n) is 4.85. The van der Waals surface area contributed by atoms with Gasteiger partial charge in [-0.1, -0.05) is 12.1 Å². The van der Waals surface area contributed by atoms with E-state index >= 15 is 0 Å². The summed E-state index contributed by atoms with van der Waals surface area (Å²) in [7, 11) is -3.64. The molecular weight excluding hydrogens is 386 g/mol. The van der Waals surface area contributed by atoms with Crippen LogP contribution in [0.25, 0.3) is 0 Å². The van der Waals surface area contributed by atoms with E-state index in [-0.39, 0.29) is 0 Å². The maximum Gasteiger partial charge on any atom is 0.261 e. The number of aromatic nitrogens is 1. The minimum absolute atomic E-state index is 0.297. The standard InChI is InChI=1S/C22H23N3O3S/c26-29(27,22-8-7-17-3-1-4-18(17)15-22)25-20-5-2-6-21(16-20)28-14-13-24-19-9-11-23-12-10-19/h2,5-12,15-16,25H,1,3-4,13-14H2,(H,23,24). The zero-order valence-corrected chi connectivity index (χ0v) is 16.8. The van der Waals surface area contributed by atoms with Gasteiger partial charge in [-0.05, 0) is 66.8 Å². The highest BCUT2D eigenvalue weighted by Gasteiger charge is 2.18. The SMILES string of the molecule is O=S(=O)(Nc1cccc(OCCNc2ccncc2)c1)c1ccc2c(c1)CCC2. The van der Waals surface area contributed by atoms with Crippen molar-refractivity contribution in [2.45, 2.75) is 24.2 Å². The van der Waals surface area contributed by atoms with E-state index in [4.69, 9.17) is 4.74 Å². The molecule has 1 aliphatic rings. The van der Waals surface area contributed by atoms with Crippen molar-refractivity contribution in [2.75, 3.05) is 23.2 Å². The quantitative estimate of drug-likeness (QED) is 0.552. The Morgan fingerprint density at radius 2 is 1.76 bits per heavy atom. The van der Waals surface area contributed by atoms with E-state index < -0.39 is 10.0 Å². The number of ether oxygens (including phenoxy) is 1. The fraction of sp³-hybridized carbons (Fsp3) is 0.227. The molecule has 3 aromatic rings. The van der Waals surface area contributed by atoms with E-state index in [0.29, 0.717) is 29.5 Å². The van der Waals surface area contributed by atoms with Gasteiger partial charge >= 0.3 is 0 Å². The van der Waals surface area contributed by atoms with Gasteiger partial charge in [0.2, 0.25) is 0 Å². The first-order chi connectivity index (χ1) is 14.1. The van der Waals surface area contributed by atoms with Crippen molar-refractivity contribution in [2.24, 2.45) is 0 Å². The Morgan fingerprint density at radius 1 is 0.931 bits per heavy atom. The lowest BCUT2D eigenvalue weighted by atomic mass is 10.1. The van der Waals surface area contributed by atoms with Crippen LogP contribution in [0.4, 0.5) is 11.4 Å². The molecule has 0 fully saturated rings. The molecule has 0 spiro atoms. The molecule has 1 aliphatic carbocycles. The molecule has 29 heavy (non-hydrogen) atoms. The highest BCUT2D eigenvalue weighted by molar-refractivity contribution is 7.92. The molecule has 2 aromatic carbocycles. The highest BCUT2D eigenvalue weighted by Crippen LogP contribution is 2.26. The number of rotatable bonds is 8. The zero-order valence-electron chi connectivity index (χ0n) is 16.0. The summed E-state index contributed by atoms with van der Waals surface area (Å²) < 4.78 is 33.9. The van der Waals surface area contributed by atoms with Gasteiger partial charge in [0.05, 0.1) is 10.6 Å². The van der Waals surface area contributed by atoms with Crippen molar-refractivity contribution < 1.29 is 13.2 Å². The van der Waals surface area contributed by atoms with Crippen molar-refractivity contribution in [3.63, 3.8) is 0 Å². The Hall–Kier alpha value is -3.06. The van der Waals surface area contributed by atoms with Crippen molar-refractivity contribution in [1.82, 2.24) is 4.98 Å². The summed E-state index contributed by atoms with van der Waals surface area (Å²) in [6.45, 7) is 1.07. The summed E-state index contributed by atoms with van der Waals surface area (Å²) in [5, 5.41) is 3.23. The number of aryl methyl sites for hydroxylation is 2. The van der Waals surface area contributed by atoms with Gasteiger partial charge in [-0.2, -0.15) is 0 Å². The van der Waals surface area contributed by atoms with Crippen LogP contribution in [0.3, 0.4) is 0 Å². The van der Waals surface area contributed by atoms with Crippen molar-refractivity contribution >= 4 is 21.4 Å². The molecule has 0 amide bonds. The van der Waals surface area contributed by atoms with Gasteiger partial charge in [-0.15, -0.1) is 0 Å². The van der Waals surface area contributed by atoms with E-state index in [1.807, 2.05) is 18.2 Å². The molecule has 0 saturated heterocycles. The van der Waals surface area contributed by atoms with Crippen LogP contribution in [0.15, 0.2) is 71.9 Å². The molecule has 0 atom stereocenters. The van der Waals surface area contributed by atoms with Gasteiger partial charge in [0, 0.05) is 30.7 Å². The van der Waals surface area contributed by atoms with Crippen molar-refractivity contribution in [3.05, 3.63) is 78.1 Å². The lowest BCUT2D eigenvalue weighted by Crippen LogP contribution is -2.14. The third-order valence-corrected chi connectivity index (χ3v) is 6.23. The minimum Gasteiger partial charge on any atom is -0.492 e. The fourth-order valence-electron chi connectivity index (χ4n) is 3.41. The number of nitrogens with one attached hydrogen (secondary N) is 2. The maximum atomic E-state index is 12.8. The minimum atomic E-state index is -3.64. The van der Waals surface area contributed by atoms with Gasteiger partial charge in [-0.25, -0.2) is 8.42 Å². The van der Waals surface area contributed by atoms with Crippen LogP contribution in [0.1, 0.15) is 17.5 Å². The van der Waals surface area contributed by atoms with Crippen LogP contribution < -0.4 is 14.8 Å². The van der Waals surface area contributed by atoms with Crippen LogP contribution in [0.2, 0.25) is 0 Å². The van der Waals surface area contributed by atoms with Crippen LogP contribution in [0, 0.1) is 0 Å². The summed E-state index contributed by atoms with van der Waals surface area (Å²) >= 11 is 0. The molecule has 150 valence electrons. The first-order valence-corrected chi connectivity index (χ1v) is 11.1. The molecule has 0 aliphatic heterocycles. The van der Waals surface area contributed by atoms with Crippen LogP contribution in [-0.4, -0.2) is 26.6 Å². The van der Waals surface area contributed by atoms with E-state index in [1.165, 1.54) is 5.56 Å². The molecule has 0 bridgehead atoms. The van der Waals surface area contributed by atoms with Gasteiger partial charge in [0.25, 0.3) is 10.0 Å². The Labute approximate surface area is 171 Å². The number of pyridine rings is 1. The molecule has 1 aromatic heterocycles. The second-order valence-electron chi connectivity index (χ2n) is 6.93. The Balaban J connectivity index is 1.37. The lowest BCUT2D eigenvalue weighted by molar-refractivity contribution is 0.333. The Bertz CT molecular complexity index is 1090. The predicted molar refractivity (Wildman–Crippen MR) is 114 cm³/mol. The number of nitrogens with zero attached hydrogens (tertiary/aromatic N) is 1. The topological polar surface area (TPSA) is 80.3 Å². The van der Waals surface area contributed by atoms with Crippen LogP contribution in [-0.2, 0) is 22.9 Å². The number of benzene rings is 2. The van der Waals surface area contributed by atoms with Crippen LogP contribution >= 0.6 is 0 Å². The Kier molecular flexibility index (Phi) is 5.67. The summed E-state index contributed by atoms with van der Waals surface area (Å²) in [6, 6.07) is 16.1. The molecule has 0 radical (unpaired) electrons. The average molecular weight is 410 g/mol. The largest absolute Gasteiger partial charge is 0.492 e. The number of hydrogen-bond donors (Lipinski definition) is 2. The molecule has 7 heteroatoms. The van der Waals surface area contributed by atoms with Crippen molar-refractivity contribution in [3.8, 4) is 5.75 Å². The van der Waals surface area contributed by atoms with Gasteiger partial charge in [-0.3, -0.25) is 9.71 Å². The first-order valence-electron chi connectivity index (χ1n) is 9.61. The van der Waals surface area contributed by atoms with E-state index in [9.17, 15) is 8.42 Å². The summed E-state index contributed by atoms with van der Waals surface area (Å²) in [5.74, 6) is 0.607. The Morgan fingerprint density at radius 3 is 2.62 bits per heavy atom. The van der Waals surface area contributed by atoms with Crippen molar-refractivity contribution in [1.29, 1.82) is 0 Å². The molecular formula is C22H23N3O3S. The molecule has 1 heterocycles. The second-order valence-corrected chi connectivity index (χ2v) is 8.61. The number of hydrogen-bond acceptors (Lipinski definition) is 5. The van der Waals surface area contributed by atoms with Gasteiger partial charge < -0.3 is 10.1 Å². The molecule has 6 nitrogen and oxygen atoms in total. The molecule has 0 unspecified atom stereocenters. The fourth-order valence-corrected chi connectivity index (χ4v) is 4.51. The van der Waals surface area contributed by atoms with Gasteiger partial charge in [0.15, 0.2) is 0 Å². The lowest BCUT2D eigenvalue weighted by Gasteiger charge is -2.12. The summed E-state index contributed by atoms with van der Waals surface area (Å²) in [5.41, 5.74) is 3.83. The molecule has 0 saturated carbocycles. The number of sulfonamides is 1. The highest BCUT2D eigenvalue weighted by atomic mass is 32.2. The predicted octanol–water partition coefficient (Wildman–Crippen LogP) is 3.86. The maximum absolute atomic E-state index is 12.8. The third kappa shape index (κ3) is 4.86.